The fourth-order valence-corrected chi connectivity index (χ4v) is 2.31. The molecule has 3 aromatic rings. The molecular formula is C16H16N2O3. The summed E-state index contributed by atoms with van der Waals surface area (Å²) >= 11 is 0. The molecule has 0 bridgehead atoms. The Morgan fingerprint density at radius 1 is 1.10 bits per heavy atom. The Kier molecular flexibility index (Phi) is 3.64. The molecule has 0 aliphatic carbocycles. The van der Waals surface area contributed by atoms with E-state index in [1.165, 1.54) is 0 Å². The average molecular weight is 284 g/mol. The van der Waals surface area contributed by atoms with Crippen LogP contribution in [0.5, 0.6) is 11.5 Å². The third-order valence-corrected chi connectivity index (χ3v) is 3.33. The molecule has 108 valence electrons. The van der Waals surface area contributed by atoms with E-state index in [-0.39, 0.29) is 11.4 Å². The van der Waals surface area contributed by atoms with Crippen molar-refractivity contribution in [1.82, 2.24) is 9.55 Å². The zero-order valence-corrected chi connectivity index (χ0v) is 11.5. The van der Waals surface area contributed by atoms with Crippen LogP contribution in [-0.2, 0) is 6.54 Å². The van der Waals surface area contributed by atoms with Crippen molar-refractivity contribution in [2.75, 3.05) is 6.61 Å². The van der Waals surface area contributed by atoms with Gasteiger partial charge in [-0.05, 0) is 30.7 Å². The number of aromatic hydroxyl groups is 1. The highest BCUT2D eigenvalue weighted by Crippen LogP contribution is 2.24. The number of phenolic OH excluding ortho intramolecular Hbond substituents is 1. The van der Waals surface area contributed by atoms with Crippen molar-refractivity contribution in [3.05, 3.63) is 59.0 Å². The molecule has 3 rings (SSSR count). The van der Waals surface area contributed by atoms with Crippen LogP contribution in [0, 0.1) is 0 Å². The van der Waals surface area contributed by atoms with Crippen LogP contribution in [0.15, 0.2) is 53.3 Å². The maximum absolute atomic E-state index is 11.9. The molecule has 2 N–H and O–H groups in total. The maximum atomic E-state index is 11.9. The first-order chi connectivity index (χ1) is 10.3. The molecule has 0 aliphatic rings. The minimum absolute atomic E-state index is 0.112. The van der Waals surface area contributed by atoms with Crippen molar-refractivity contribution in [3.8, 4) is 11.5 Å². The SMILES string of the molecule is O=c1[nH]c2ccccc2n1CCCOc1ccccc1O. The van der Waals surface area contributed by atoms with Gasteiger partial charge in [0, 0.05) is 6.54 Å². The van der Waals surface area contributed by atoms with Gasteiger partial charge < -0.3 is 14.8 Å². The number of para-hydroxylation sites is 4. The Morgan fingerprint density at radius 3 is 2.71 bits per heavy atom. The van der Waals surface area contributed by atoms with Gasteiger partial charge in [0.15, 0.2) is 11.5 Å². The lowest BCUT2D eigenvalue weighted by molar-refractivity contribution is 0.286. The number of fused-ring (bicyclic) bond motifs is 1. The fraction of sp³-hybridized carbons (Fsp3) is 0.188. The molecule has 1 aromatic heterocycles. The highest BCUT2D eigenvalue weighted by molar-refractivity contribution is 5.74. The van der Waals surface area contributed by atoms with E-state index in [2.05, 4.69) is 4.98 Å². The van der Waals surface area contributed by atoms with Gasteiger partial charge >= 0.3 is 5.69 Å². The summed E-state index contributed by atoms with van der Waals surface area (Å²) in [7, 11) is 0. The van der Waals surface area contributed by atoms with Crippen molar-refractivity contribution < 1.29 is 9.84 Å². The van der Waals surface area contributed by atoms with E-state index in [0.717, 1.165) is 11.0 Å². The number of aryl methyl sites for hydroxylation is 1. The molecule has 0 spiro atoms. The Morgan fingerprint density at radius 2 is 1.86 bits per heavy atom. The molecule has 0 radical (unpaired) electrons. The van der Waals surface area contributed by atoms with Crippen LogP contribution in [0.1, 0.15) is 6.42 Å². The highest BCUT2D eigenvalue weighted by Gasteiger charge is 2.06. The summed E-state index contributed by atoms with van der Waals surface area (Å²) in [4.78, 5) is 14.7. The van der Waals surface area contributed by atoms with Gasteiger partial charge in [0.2, 0.25) is 0 Å². The van der Waals surface area contributed by atoms with E-state index in [4.69, 9.17) is 4.74 Å². The van der Waals surface area contributed by atoms with Crippen LogP contribution in [0.4, 0.5) is 0 Å². The number of rotatable bonds is 5. The van der Waals surface area contributed by atoms with E-state index < -0.39 is 0 Å². The molecule has 0 atom stereocenters. The standard InChI is InChI=1S/C16H16N2O3/c19-14-8-3-4-9-15(14)21-11-5-10-18-13-7-2-1-6-12(13)17-16(18)20/h1-4,6-9,19H,5,10-11H2,(H,17,20). The van der Waals surface area contributed by atoms with Crippen LogP contribution in [0.3, 0.4) is 0 Å². The number of benzene rings is 2. The summed E-state index contributed by atoms with van der Waals surface area (Å²) < 4.78 is 7.21. The van der Waals surface area contributed by atoms with Crippen molar-refractivity contribution >= 4 is 11.0 Å². The predicted molar refractivity (Wildman–Crippen MR) is 80.8 cm³/mol. The second-order valence-corrected chi connectivity index (χ2v) is 4.77. The highest BCUT2D eigenvalue weighted by atomic mass is 16.5. The molecule has 0 saturated heterocycles. The first-order valence-electron chi connectivity index (χ1n) is 6.84. The Balaban J connectivity index is 1.64. The van der Waals surface area contributed by atoms with Gasteiger partial charge in [-0.15, -0.1) is 0 Å². The summed E-state index contributed by atoms with van der Waals surface area (Å²) in [6.07, 6.45) is 0.677. The summed E-state index contributed by atoms with van der Waals surface area (Å²) in [5.74, 6) is 0.588. The summed E-state index contributed by atoms with van der Waals surface area (Å²) in [5, 5.41) is 9.59. The number of phenols is 1. The number of nitrogens with one attached hydrogen (secondary N) is 1. The molecule has 2 aromatic carbocycles. The van der Waals surface area contributed by atoms with E-state index in [0.29, 0.717) is 25.3 Å². The Bertz CT molecular complexity index is 804. The molecule has 0 saturated carbocycles. The topological polar surface area (TPSA) is 67.2 Å². The number of H-pyrrole nitrogens is 1. The van der Waals surface area contributed by atoms with E-state index in [1.54, 1.807) is 28.8 Å². The van der Waals surface area contributed by atoms with Crippen molar-refractivity contribution in [2.24, 2.45) is 0 Å². The molecule has 21 heavy (non-hydrogen) atoms. The Hall–Kier alpha value is -2.69. The lowest BCUT2D eigenvalue weighted by Crippen LogP contribution is -2.18. The lowest BCUT2D eigenvalue weighted by atomic mass is 10.3. The summed E-state index contributed by atoms with van der Waals surface area (Å²) in [6, 6.07) is 14.4. The van der Waals surface area contributed by atoms with E-state index in [9.17, 15) is 9.90 Å². The van der Waals surface area contributed by atoms with Crippen LogP contribution >= 0.6 is 0 Å². The van der Waals surface area contributed by atoms with Crippen molar-refractivity contribution in [1.29, 1.82) is 0 Å². The number of aromatic amines is 1. The first kappa shape index (κ1) is 13.3. The van der Waals surface area contributed by atoms with E-state index in [1.807, 2.05) is 24.3 Å². The molecule has 0 aliphatic heterocycles. The van der Waals surface area contributed by atoms with Gasteiger partial charge in [-0.25, -0.2) is 4.79 Å². The number of nitrogens with zero attached hydrogens (tertiary/aromatic N) is 1. The normalized spacial score (nSPS) is 10.9. The number of hydrogen-bond donors (Lipinski definition) is 2. The number of ether oxygens (including phenoxy) is 1. The largest absolute Gasteiger partial charge is 0.504 e. The smallest absolute Gasteiger partial charge is 0.326 e. The predicted octanol–water partition coefficient (Wildman–Crippen LogP) is 2.50. The molecule has 0 fully saturated rings. The zero-order chi connectivity index (χ0) is 14.7. The van der Waals surface area contributed by atoms with Crippen LogP contribution in [0.2, 0.25) is 0 Å². The second kappa shape index (κ2) is 5.75. The lowest BCUT2D eigenvalue weighted by Gasteiger charge is -2.08. The third-order valence-electron chi connectivity index (χ3n) is 3.33. The number of aromatic nitrogens is 2. The van der Waals surface area contributed by atoms with Gasteiger partial charge in [0.1, 0.15) is 0 Å². The molecule has 5 heteroatoms. The van der Waals surface area contributed by atoms with Gasteiger partial charge in [0.05, 0.1) is 17.6 Å². The van der Waals surface area contributed by atoms with Crippen LogP contribution in [-0.4, -0.2) is 21.3 Å². The quantitative estimate of drug-likeness (QED) is 0.707. The fourth-order valence-electron chi connectivity index (χ4n) is 2.31. The van der Waals surface area contributed by atoms with Gasteiger partial charge in [-0.1, -0.05) is 24.3 Å². The molecule has 5 nitrogen and oxygen atoms in total. The maximum Gasteiger partial charge on any atom is 0.326 e. The van der Waals surface area contributed by atoms with Gasteiger partial charge in [-0.3, -0.25) is 4.57 Å². The minimum atomic E-state index is -0.112. The number of imidazole rings is 1. The zero-order valence-electron chi connectivity index (χ0n) is 11.5. The first-order valence-corrected chi connectivity index (χ1v) is 6.84. The van der Waals surface area contributed by atoms with Crippen LogP contribution < -0.4 is 10.4 Å². The summed E-state index contributed by atoms with van der Waals surface area (Å²) in [6.45, 7) is 1.000. The Labute approximate surface area is 121 Å². The second-order valence-electron chi connectivity index (χ2n) is 4.77. The van der Waals surface area contributed by atoms with E-state index >= 15 is 0 Å². The molecular weight excluding hydrogens is 268 g/mol. The summed E-state index contributed by atoms with van der Waals surface area (Å²) in [5.41, 5.74) is 1.62. The van der Waals surface area contributed by atoms with Gasteiger partial charge in [-0.2, -0.15) is 0 Å². The molecule has 0 unspecified atom stereocenters. The van der Waals surface area contributed by atoms with Crippen molar-refractivity contribution in [3.63, 3.8) is 0 Å². The molecule has 0 amide bonds. The third kappa shape index (κ3) is 2.76. The van der Waals surface area contributed by atoms with Crippen molar-refractivity contribution in [2.45, 2.75) is 13.0 Å². The monoisotopic (exact) mass is 284 g/mol. The average Bonchev–Trinajstić information content (AvgIpc) is 2.81. The molecule has 1 heterocycles. The number of hydrogen-bond acceptors (Lipinski definition) is 3. The minimum Gasteiger partial charge on any atom is -0.504 e. The van der Waals surface area contributed by atoms with Crippen LogP contribution in [0.25, 0.3) is 11.0 Å². The van der Waals surface area contributed by atoms with Gasteiger partial charge in [0.25, 0.3) is 0 Å².